The number of piperidine rings is 1. The second kappa shape index (κ2) is 8.53. The van der Waals surface area contributed by atoms with Gasteiger partial charge < -0.3 is 30.2 Å². The lowest BCUT2D eigenvalue weighted by atomic mass is 10.0. The van der Waals surface area contributed by atoms with Gasteiger partial charge in [0.2, 0.25) is 0 Å². The van der Waals surface area contributed by atoms with E-state index in [1.54, 1.807) is 0 Å². The SMILES string of the molecule is O=c1[nH]c2ccccc2c(NC2CCCNC2)c1-c1nc2c(N3CCOCC3)cccc2[nH]1. The van der Waals surface area contributed by atoms with Crippen molar-refractivity contribution in [2.75, 3.05) is 49.6 Å². The Kier molecular flexibility index (Phi) is 5.24. The number of nitrogens with zero attached hydrogens (tertiary/aromatic N) is 2. The number of morpholine rings is 1. The third-order valence-corrected chi connectivity index (χ3v) is 6.65. The maximum atomic E-state index is 13.4. The summed E-state index contributed by atoms with van der Waals surface area (Å²) in [4.78, 5) is 27.1. The molecule has 2 aliphatic heterocycles. The van der Waals surface area contributed by atoms with Crippen LogP contribution in [-0.4, -0.2) is 60.4 Å². The van der Waals surface area contributed by atoms with Crippen molar-refractivity contribution in [2.45, 2.75) is 18.9 Å². The van der Waals surface area contributed by atoms with Crippen LogP contribution in [0.4, 0.5) is 11.4 Å². The molecule has 0 aliphatic carbocycles. The quantitative estimate of drug-likeness (QED) is 0.386. The minimum absolute atomic E-state index is 0.146. The van der Waals surface area contributed by atoms with E-state index in [0.717, 1.165) is 72.3 Å². The molecular weight excluding hydrogens is 416 g/mol. The maximum Gasteiger partial charge on any atom is 0.261 e. The first kappa shape index (κ1) is 20.3. The third kappa shape index (κ3) is 3.75. The number of rotatable bonds is 4. The molecule has 8 heteroatoms. The van der Waals surface area contributed by atoms with Gasteiger partial charge in [-0.1, -0.05) is 24.3 Å². The van der Waals surface area contributed by atoms with E-state index in [1.165, 1.54) is 0 Å². The lowest BCUT2D eigenvalue weighted by Gasteiger charge is -2.28. The summed E-state index contributed by atoms with van der Waals surface area (Å²) in [6, 6.07) is 14.3. The highest BCUT2D eigenvalue weighted by molar-refractivity contribution is 6.00. The first-order valence-electron chi connectivity index (χ1n) is 11.7. The Bertz CT molecular complexity index is 1350. The second-order valence-electron chi connectivity index (χ2n) is 8.80. The van der Waals surface area contributed by atoms with E-state index < -0.39 is 0 Å². The molecule has 33 heavy (non-hydrogen) atoms. The van der Waals surface area contributed by atoms with Gasteiger partial charge in [0.15, 0.2) is 0 Å². The fourth-order valence-corrected chi connectivity index (χ4v) is 4.99. The van der Waals surface area contributed by atoms with Crippen molar-refractivity contribution in [1.29, 1.82) is 0 Å². The van der Waals surface area contributed by atoms with Crippen LogP contribution in [0.15, 0.2) is 47.3 Å². The van der Waals surface area contributed by atoms with Crippen LogP contribution in [0.2, 0.25) is 0 Å². The average molecular weight is 445 g/mol. The highest BCUT2D eigenvalue weighted by Gasteiger charge is 2.23. The van der Waals surface area contributed by atoms with Crippen molar-refractivity contribution in [2.24, 2.45) is 0 Å². The molecule has 2 aliphatic rings. The van der Waals surface area contributed by atoms with Crippen molar-refractivity contribution < 1.29 is 4.74 Å². The van der Waals surface area contributed by atoms with Crippen molar-refractivity contribution in [3.05, 3.63) is 52.8 Å². The van der Waals surface area contributed by atoms with Gasteiger partial charge in [0.1, 0.15) is 16.9 Å². The number of pyridine rings is 1. The Labute approximate surface area is 191 Å². The number of benzene rings is 2. The minimum atomic E-state index is -0.146. The van der Waals surface area contributed by atoms with Crippen molar-refractivity contribution in [3.8, 4) is 11.4 Å². The number of ether oxygens (including phenoxy) is 1. The molecule has 2 aromatic heterocycles. The van der Waals surface area contributed by atoms with Crippen LogP contribution in [0.1, 0.15) is 12.8 Å². The fraction of sp³-hybridized carbons (Fsp3) is 0.360. The van der Waals surface area contributed by atoms with E-state index in [1.807, 2.05) is 30.3 Å². The van der Waals surface area contributed by atoms with Gasteiger partial charge in [0, 0.05) is 31.1 Å². The Hall–Kier alpha value is -3.36. The van der Waals surface area contributed by atoms with Gasteiger partial charge in [-0.05, 0) is 37.6 Å². The maximum absolute atomic E-state index is 13.4. The lowest BCUT2D eigenvalue weighted by Crippen LogP contribution is -2.38. The molecule has 0 radical (unpaired) electrons. The van der Waals surface area contributed by atoms with E-state index in [-0.39, 0.29) is 11.6 Å². The Morgan fingerprint density at radius 3 is 2.73 bits per heavy atom. The smallest absolute Gasteiger partial charge is 0.261 e. The zero-order valence-corrected chi connectivity index (χ0v) is 18.5. The number of nitrogens with one attached hydrogen (secondary N) is 4. The number of para-hydroxylation sites is 2. The van der Waals surface area contributed by atoms with E-state index in [9.17, 15) is 4.79 Å². The van der Waals surface area contributed by atoms with Crippen LogP contribution in [-0.2, 0) is 4.74 Å². The number of aromatic amines is 2. The molecule has 2 aromatic carbocycles. The van der Waals surface area contributed by atoms with E-state index in [2.05, 4.69) is 37.6 Å². The third-order valence-electron chi connectivity index (χ3n) is 6.65. The number of aromatic nitrogens is 3. The van der Waals surface area contributed by atoms with Gasteiger partial charge >= 0.3 is 0 Å². The number of hydrogen-bond acceptors (Lipinski definition) is 6. The molecular formula is C25H28N6O2. The van der Waals surface area contributed by atoms with Crippen molar-refractivity contribution in [1.82, 2.24) is 20.3 Å². The standard InChI is InChI=1S/C25H28N6O2/c32-25-21(22(27-16-5-4-10-26-15-16)17-6-1-2-7-18(17)29-25)24-28-19-8-3-9-20(23(19)30-24)31-11-13-33-14-12-31/h1-3,6-9,16,26H,4-5,10-15H2,(H,28,30)(H2,27,29,32). The number of hydrogen-bond donors (Lipinski definition) is 4. The summed E-state index contributed by atoms with van der Waals surface area (Å²) in [5.41, 5.74) is 4.95. The van der Waals surface area contributed by atoms with Gasteiger partial charge in [-0.25, -0.2) is 4.98 Å². The molecule has 0 bridgehead atoms. The zero-order chi connectivity index (χ0) is 22.2. The molecule has 0 spiro atoms. The zero-order valence-electron chi connectivity index (χ0n) is 18.5. The highest BCUT2D eigenvalue weighted by Crippen LogP contribution is 2.34. The molecule has 6 rings (SSSR count). The molecule has 2 fully saturated rings. The Morgan fingerprint density at radius 2 is 1.88 bits per heavy atom. The van der Waals surface area contributed by atoms with Gasteiger partial charge in [-0.3, -0.25) is 4.79 Å². The predicted molar refractivity (Wildman–Crippen MR) is 132 cm³/mol. The molecule has 1 unspecified atom stereocenters. The van der Waals surface area contributed by atoms with E-state index in [4.69, 9.17) is 9.72 Å². The Morgan fingerprint density at radius 1 is 1.03 bits per heavy atom. The van der Waals surface area contributed by atoms with Gasteiger partial charge in [-0.2, -0.15) is 0 Å². The molecule has 4 N–H and O–H groups in total. The largest absolute Gasteiger partial charge is 0.380 e. The minimum Gasteiger partial charge on any atom is -0.380 e. The van der Waals surface area contributed by atoms with Gasteiger partial charge in [0.05, 0.1) is 35.6 Å². The van der Waals surface area contributed by atoms with Crippen LogP contribution in [0.25, 0.3) is 33.3 Å². The topological polar surface area (TPSA) is 98.1 Å². The first-order valence-corrected chi connectivity index (χ1v) is 11.7. The normalized spacial score (nSPS) is 19.3. The number of fused-ring (bicyclic) bond motifs is 2. The summed E-state index contributed by atoms with van der Waals surface area (Å²) in [5.74, 6) is 0.587. The molecule has 4 aromatic rings. The summed E-state index contributed by atoms with van der Waals surface area (Å²) < 4.78 is 5.52. The number of anilines is 2. The predicted octanol–water partition coefficient (Wildman–Crippen LogP) is 3.07. The van der Waals surface area contributed by atoms with Crippen LogP contribution < -0.4 is 21.1 Å². The summed E-state index contributed by atoms with van der Waals surface area (Å²) in [5, 5.41) is 8.13. The van der Waals surface area contributed by atoms with Crippen LogP contribution in [0.5, 0.6) is 0 Å². The number of H-pyrrole nitrogens is 2. The molecule has 8 nitrogen and oxygen atoms in total. The molecule has 170 valence electrons. The van der Waals surface area contributed by atoms with Crippen molar-refractivity contribution >= 4 is 33.3 Å². The average Bonchev–Trinajstić information content (AvgIpc) is 3.29. The fourth-order valence-electron chi connectivity index (χ4n) is 4.99. The molecule has 4 heterocycles. The molecule has 1 atom stereocenters. The molecule has 2 saturated heterocycles. The van der Waals surface area contributed by atoms with E-state index in [0.29, 0.717) is 24.6 Å². The molecule has 0 saturated carbocycles. The summed E-state index contributed by atoms with van der Waals surface area (Å²) in [6.07, 6.45) is 2.18. The van der Waals surface area contributed by atoms with Crippen LogP contribution in [0, 0.1) is 0 Å². The van der Waals surface area contributed by atoms with Crippen molar-refractivity contribution in [3.63, 3.8) is 0 Å². The molecule has 0 amide bonds. The number of imidazole rings is 1. The summed E-state index contributed by atoms with van der Waals surface area (Å²) in [6.45, 7) is 5.00. The second-order valence-corrected chi connectivity index (χ2v) is 8.80. The Balaban J connectivity index is 1.51. The monoisotopic (exact) mass is 444 g/mol. The summed E-state index contributed by atoms with van der Waals surface area (Å²) >= 11 is 0. The van der Waals surface area contributed by atoms with E-state index >= 15 is 0 Å². The lowest BCUT2D eigenvalue weighted by molar-refractivity contribution is 0.123. The first-order chi connectivity index (χ1) is 16.3. The van der Waals surface area contributed by atoms with Gasteiger partial charge in [-0.15, -0.1) is 0 Å². The van der Waals surface area contributed by atoms with Gasteiger partial charge in [0.25, 0.3) is 5.56 Å². The van der Waals surface area contributed by atoms with Crippen LogP contribution in [0.3, 0.4) is 0 Å². The van der Waals surface area contributed by atoms with Crippen LogP contribution >= 0.6 is 0 Å². The summed E-state index contributed by atoms with van der Waals surface area (Å²) in [7, 11) is 0. The highest BCUT2D eigenvalue weighted by atomic mass is 16.5.